The summed E-state index contributed by atoms with van der Waals surface area (Å²) < 4.78 is 5.20. The monoisotopic (exact) mass is 227 g/mol. The lowest BCUT2D eigenvalue weighted by molar-refractivity contribution is 0.167. The minimum Gasteiger partial charge on any atom is -0.385 e. The third-order valence-corrected chi connectivity index (χ3v) is 3.66. The Bertz CT molecular complexity index is 178. The van der Waals surface area contributed by atoms with E-state index in [0.717, 1.165) is 25.0 Å². The lowest BCUT2D eigenvalue weighted by atomic mass is 9.97. The number of rotatable bonds is 9. The fraction of sp³-hybridized carbons (Fsp3) is 1.00. The minimum atomic E-state index is 0.622. The molecule has 0 aromatic carbocycles. The van der Waals surface area contributed by atoms with Crippen molar-refractivity contribution in [1.82, 2.24) is 5.32 Å². The van der Waals surface area contributed by atoms with Gasteiger partial charge in [0, 0.05) is 25.8 Å². The molecule has 1 fully saturated rings. The van der Waals surface area contributed by atoms with Gasteiger partial charge in [-0.15, -0.1) is 0 Å². The molecule has 2 unspecified atom stereocenters. The van der Waals surface area contributed by atoms with Crippen LogP contribution >= 0.6 is 0 Å². The first-order chi connectivity index (χ1) is 7.69. The summed E-state index contributed by atoms with van der Waals surface area (Å²) in [6, 6.07) is 1.38. The van der Waals surface area contributed by atoms with Crippen LogP contribution in [0.5, 0.6) is 0 Å². The fourth-order valence-corrected chi connectivity index (χ4v) is 2.39. The topological polar surface area (TPSA) is 21.3 Å². The standard InChI is InChI=1S/C14H29NO/c1-5-6-14(12-7-8-12)15-13(11(2)3)9-10-16-4/h11-15H,5-10H2,1-4H3. The van der Waals surface area contributed by atoms with Gasteiger partial charge in [0.05, 0.1) is 0 Å². The van der Waals surface area contributed by atoms with E-state index < -0.39 is 0 Å². The van der Waals surface area contributed by atoms with Gasteiger partial charge in [-0.2, -0.15) is 0 Å². The molecular formula is C14H29NO. The lowest BCUT2D eigenvalue weighted by Gasteiger charge is -2.28. The molecular weight excluding hydrogens is 198 g/mol. The van der Waals surface area contributed by atoms with Crippen LogP contribution in [0.15, 0.2) is 0 Å². The van der Waals surface area contributed by atoms with Gasteiger partial charge in [-0.3, -0.25) is 0 Å². The van der Waals surface area contributed by atoms with Crippen LogP contribution in [-0.4, -0.2) is 25.8 Å². The Kier molecular flexibility index (Phi) is 6.37. The molecule has 0 heterocycles. The smallest absolute Gasteiger partial charge is 0.0477 e. The molecule has 1 N–H and O–H groups in total. The zero-order valence-electron chi connectivity index (χ0n) is 11.5. The molecule has 2 heteroatoms. The van der Waals surface area contributed by atoms with Gasteiger partial charge in [-0.1, -0.05) is 27.2 Å². The third-order valence-electron chi connectivity index (χ3n) is 3.66. The normalized spacial score (nSPS) is 20.1. The molecule has 0 radical (unpaired) electrons. The van der Waals surface area contributed by atoms with Crippen molar-refractivity contribution in [3.8, 4) is 0 Å². The first kappa shape index (κ1) is 14.0. The second kappa shape index (κ2) is 7.29. The van der Waals surface area contributed by atoms with Crippen LogP contribution in [0.1, 0.15) is 52.9 Å². The van der Waals surface area contributed by atoms with Crippen molar-refractivity contribution >= 4 is 0 Å². The highest BCUT2D eigenvalue weighted by Gasteiger charge is 2.32. The molecule has 2 nitrogen and oxygen atoms in total. The van der Waals surface area contributed by atoms with Crippen LogP contribution in [0, 0.1) is 11.8 Å². The van der Waals surface area contributed by atoms with E-state index in [2.05, 4.69) is 26.1 Å². The molecule has 16 heavy (non-hydrogen) atoms. The summed E-state index contributed by atoms with van der Waals surface area (Å²) in [6.07, 6.45) is 6.64. The summed E-state index contributed by atoms with van der Waals surface area (Å²) in [7, 11) is 1.79. The molecule has 0 aliphatic heterocycles. The van der Waals surface area contributed by atoms with E-state index in [4.69, 9.17) is 4.74 Å². The zero-order chi connectivity index (χ0) is 12.0. The van der Waals surface area contributed by atoms with E-state index in [1.165, 1.54) is 25.7 Å². The summed E-state index contributed by atoms with van der Waals surface area (Å²) in [6.45, 7) is 7.78. The van der Waals surface area contributed by atoms with E-state index in [9.17, 15) is 0 Å². The van der Waals surface area contributed by atoms with Crippen molar-refractivity contribution < 1.29 is 4.74 Å². The van der Waals surface area contributed by atoms with Crippen LogP contribution in [0.25, 0.3) is 0 Å². The molecule has 1 rings (SSSR count). The van der Waals surface area contributed by atoms with Gasteiger partial charge < -0.3 is 10.1 Å². The Morgan fingerprint density at radius 1 is 1.25 bits per heavy atom. The molecule has 0 amide bonds. The molecule has 1 aliphatic rings. The van der Waals surface area contributed by atoms with Gasteiger partial charge in [0.1, 0.15) is 0 Å². The van der Waals surface area contributed by atoms with E-state index >= 15 is 0 Å². The molecule has 96 valence electrons. The Hall–Kier alpha value is -0.0800. The van der Waals surface area contributed by atoms with Crippen molar-refractivity contribution in [3.63, 3.8) is 0 Å². The molecule has 1 saturated carbocycles. The largest absolute Gasteiger partial charge is 0.385 e. The quantitative estimate of drug-likeness (QED) is 0.653. The first-order valence-corrected chi connectivity index (χ1v) is 6.94. The van der Waals surface area contributed by atoms with Gasteiger partial charge in [0.25, 0.3) is 0 Å². The highest BCUT2D eigenvalue weighted by Crippen LogP contribution is 2.35. The molecule has 0 aromatic rings. The predicted octanol–water partition coefficient (Wildman–Crippen LogP) is 3.22. The average Bonchev–Trinajstić information content (AvgIpc) is 3.05. The molecule has 0 saturated heterocycles. The van der Waals surface area contributed by atoms with Crippen molar-refractivity contribution in [3.05, 3.63) is 0 Å². The second-order valence-electron chi connectivity index (χ2n) is 5.53. The van der Waals surface area contributed by atoms with Gasteiger partial charge in [-0.25, -0.2) is 0 Å². The van der Waals surface area contributed by atoms with E-state index in [1.54, 1.807) is 7.11 Å². The van der Waals surface area contributed by atoms with Crippen molar-refractivity contribution in [2.45, 2.75) is 65.0 Å². The fourth-order valence-electron chi connectivity index (χ4n) is 2.39. The van der Waals surface area contributed by atoms with E-state index in [0.29, 0.717) is 12.0 Å². The number of hydrogen-bond acceptors (Lipinski definition) is 2. The van der Waals surface area contributed by atoms with Crippen LogP contribution in [0.3, 0.4) is 0 Å². The van der Waals surface area contributed by atoms with Crippen molar-refractivity contribution in [1.29, 1.82) is 0 Å². The van der Waals surface area contributed by atoms with Crippen molar-refractivity contribution in [2.75, 3.05) is 13.7 Å². The van der Waals surface area contributed by atoms with Crippen LogP contribution in [0.2, 0.25) is 0 Å². The Balaban J connectivity index is 2.37. The lowest BCUT2D eigenvalue weighted by Crippen LogP contribution is -2.43. The Labute approximate surface area is 101 Å². The Morgan fingerprint density at radius 2 is 1.94 bits per heavy atom. The second-order valence-corrected chi connectivity index (χ2v) is 5.53. The summed E-state index contributed by atoms with van der Waals surface area (Å²) >= 11 is 0. The Morgan fingerprint density at radius 3 is 2.38 bits per heavy atom. The first-order valence-electron chi connectivity index (χ1n) is 6.94. The highest BCUT2D eigenvalue weighted by molar-refractivity contribution is 4.88. The summed E-state index contributed by atoms with van der Waals surface area (Å²) in [5.41, 5.74) is 0. The maximum Gasteiger partial charge on any atom is 0.0477 e. The minimum absolute atomic E-state index is 0.622. The third kappa shape index (κ3) is 4.84. The molecule has 2 atom stereocenters. The van der Waals surface area contributed by atoms with E-state index in [-0.39, 0.29) is 0 Å². The summed E-state index contributed by atoms with van der Waals surface area (Å²) in [5, 5.41) is 3.87. The van der Waals surface area contributed by atoms with Gasteiger partial charge in [0.15, 0.2) is 0 Å². The molecule has 0 aromatic heterocycles. The maximum absolute atomic E-state index is 5.20. The van der Waals surface area contributed by atoms with Crippen LogP contribution < -0.4 is 5.32 Å². The van der Waals surface area contributed by atoms with Crippen LogP contribution in [0.4, 0.5) is 0 Å². The predicted molar refractivity (Wildman–Crippen MR) is 69.7 cm³/mol. The molecule has 0 bridgehead atoms. The van der Waals surface area contributed by atoms with Gasteiger partial charge in [-0.05, 0) is 37.5 Å². The van der Waals surface area contributed by atoms with Crippen molar-refractivity contribution in [2.24, 2.45) is 11.8 Å². The molecule has 1 aliphatic carbocycles. The number of ether oxygens (including phenoxy) is 1. The maximum atomic E-state index is 5.20. The highest BCUT2D eigenvalue weighted by atomic mass is 16.5. The van der Waals surface area contributed by atoms with Gasteiger partial charge >= 0.3 is 0 Å². The number of nitrogens with one attached hydrogen (secondary N) is 1. The van der Waals surface area contributed by atoms with Gasteiger partial charge in [0.2, 0.25) is 0 Å². The summed E-state index contributed by atoms with van der Waals surface area (Å²) in [4.78, 5) is 0. The number of hydrogen-bond donors (Lipinski definition) is 1. The van der Waals surface area contributed by atoms with Crippen LogP contribution in [-0.2, 0) is 4.74 Å². The average molecular weight is 227 g/mol. The zero-order valence-corrected chi connectivity index (χ0v) is 11.5. The number of methoxy groups -OCH3 is 1. The summed E-state index contributed by atoms with van der Waals surface area (Å²) in [5.74, 6) is 1.66. The SMILES string of the molecule is CCCC(NC(CCOC)C(C)C)C1CC1. The van der Waals surface area contributed by atoms with E-state index in [1.807, 2.05) is 0 Å². The molecule has 0 spiro atoms.